The van der Waals surface area contributed by atoms with Gasteiger partial charge in [0, 0.05) is 48.1 Å². The van der Waals surface area contributed by atoms with Gasteiger partial charge in [0.05, 0.1) is 17.2 Å². The predicted molar refractivity (Wildman–Crippen MR) is 164 cm³/mol. The van der Waals surface area contributed by atoms with Crippen LogP contribution < -0.4 is 10.6 Å². The lowest BCUT2D eigenvalue weighted by molar-refractivity contribution is -0.136. The van der Waals surface area contributed by atoms with Gasteiger partial charge in [-0.05, 0) is 61.7 Å². The van der Waals surface area contributed by atoms with Gasteiger partial charge in [0.15, 0.2) is 0 Å². The number of hydrogen-bond acceptors (Lipinski definition) is 9. The molecule has 226 valence electrons. The van der Waals surface area contributed by atoms with Crippen LogP contribution in [-0.4, -0.2) is 65.1 Å². The number of nitrogens with zero attached hydrogens (tertiary/aromatic N) is 2. The van der Waals surface area contributed by atoms with E-state index in [1.54, 1.807) is 18.3 Å². The van der Waals surface area contributed by atoms with Crippen LogP contribution in [0.1, 0.15) is 63.8 Å². The second-order valence-corrected chi connectivity index (χ2v) is 11.8. The second-order valence-electron chi connectivity index (χ2n) is 10.7. The van der Waals surface area contributed by atoms with Crippen molar-refractivity contribution in [2.75, 3.05) is 25.5 Å². The molecule has 2 aliphatic heterocycles. The molecule has 2 aromatic carbocycles. The molecule has 0 saturated carbocycles. The van der Waals surface area contributed by atoms with E-state index in [9.17, 15) is 19.2 Å². The van der Waals surface area contributed by atoms with Gasteiger partial charge in [0.1, 0.15) is 17.4 Å². The summed E-state index contributed by atoms with van der Waals surface area (Å²) in [4.78, 5) is 56.1. The summed E-state index contributed by atoms with van der Waals surface area (Å²) in [6, 6.07) is 18.0. The molecule has 4 heterocycles. The summed E-state index contributed by atoms with van der Waals surface area (Å²) in [5.74, 6) is -0.453. The summed E-state index contributed by atoms with van der Waals surface area (Å²) < 4.78 is 12.0. The van der Waals surface area contributed by atoms with Crippen molar-refractivity contribution < 1.29 is 28.3 Å². The lowest BCUT2D eigenvalue weighted by Gasteiger charge is -2.27. The molecule has 6 rings (SSSR count). The van der Waals surface area contributed by atoms with E-state index in [0.29, 0.717) is 35.0 Å². The highest BCUT2D eigenvalue weighted by Crippen LogP contribution is 2.34. The van der Waals surface area contributed by atoms with Crippen molar-refractivity contribution in [3.05, 3.63) is 95.5 Å². The molecule has 10 nitrogen and oxygen atoms in total. The summed E-state index contributed by atoms with van der Waals surface area (Å²) >= 11 is 1.49. The van der Waals surface area contributed by atoms with Gasteiger partial charge in [-0.2, -0.15) is 0 Å². The Hall–Kier alpha value is -4.32. The number of fused-ring (bicyclic) bond motifs is 2. The normalized spacial score (nSPS) is 17.3. The number of furan rings is 1. The van der Waals surface area contributed by atoms with E-state index >= 15 is 0 Å². The minimum Gasteiger partial charge on any atom is -0.459 e. The van der Waals surface area contributed by atoms with Crippen LogP contribution in [0.5, 0.6) is 0 Å². The topological polar surface area (TPSA) is 131 Å². The second kappa shape index (κ2) is 13.5. The van der Waals surface area contributed by atoms with E-state index in [0.717, 1.165) is 46.6 Å². The van der Waals surface area contributed by atoms with E-state index in [1.807, 2.05) is 48.7 Å². The number of amides is 4. The number of ether oxygens (including phenoxy) is 1. The number of hydrogen-bond donors (Lipinski definition) is 2. The fraction of sp³-hybridized carbons (Fsp3) is 0.303. The number of pyridine rings is 1. The van der Waals surface area contributed by atoms with Crippen molar-refractivity contribution in [2.45, 2.75) is 42.7 Å². The highest BCUT2D eigenvalue weighted by Gasteiger charge is 2.45. The number of rotatable bonds is 13. The average Bonchev–Trinajstić information content (AvgIpc) is 3.57. The van der Waals surface area contributed by atoms with Crippen LogP contribution in [0.15, 0.2) is 82.4 Å². The minimum absolute atomic E-state index is 0.0911. The summed E-state index contributed by atoms with van der Waals surface area (Å²) in [5, 5.41) is 6.86. The number of piperidine rings is 1. The van der Waals surface area contributed by atoms with Gasteiger partial charge in [-0.25, -0.2) is 0 Å². The Kier molecular flexibility index (Phi) is 9.15. The first-order valence-corrected chi connectivity index (χ1v) is 15.7. The number of nitrogens with one attached hydrogen (secondary N) is 2. The van der Waals surface area contributed by atoms with E-state index in [4.69, 9.17) is 9.15 Å². The van der Waals surface area contributed by atoms with Crippen LogP contribution in [0, 0.1) is 0 Å². The third-order valence-electron chi connectivity index (χ3n) is 7.68. The Morgan fingerprint density at radius 1 is 1.02 bits per heavy atom. The first kappa shape index (κ1) is 29.7. The Morgan fingerprint density at radius 3 is 2.70 bits per heavy atom. The lowest BCUT2D eigenvalue weighted by Crippen LogP contribution is -2.54. The number of aromatic nitrogens is 1. The molecule has 0 spiro atoms. The number of carbonyl (C=O) groups is 4. The molecule has 11 heteroatoms. The van der Waals surface area contributed by atoms with Crippen LogP contribution in [0.25, 0.3) is 11.0 Å². The summed E-state index contributed by atoms with van der Waals surface area (Å²) in [6.07, 6.45) is 5.39. The van der Waals surface area contributed by atoms with Gasteiger partial charge in [-0.15, -0.1) is 11.8 Å². The largest absolute Gasteiger partial charge is 0.459 e. The van der Waals surface area contributed by atoms with E-state index in [-0.39, 0.29) is 18.9 Å². The molecule has 4 aromatic rings. The maximum Gasteiger partial charge on any atom is 0.263 e. The van der Waals surface area contributed by atoms with Gasteiger partial charge in [-0.1, -0.05) is 30.3 Å². The number of thioether (sulfide) groups is 1. The highest BCUT2D eigenvalue weighted by atomic mass is 32.2. The predicted octanol–water partition coefficient (Wildman–Crippen LogP) is 4.50. The molecule has 44 heavy (non-hydrogen) atoms. The fourth-order valence-corrected chi connectivity index (χ4v) is 6.54. The van der Waals surface area contributed by atoms with Crippen LogP contribution in [0.3, 0.4) is 0 Å². The van der Waals surface area contributed by atoms with Crippen LogP contribution in [0.4, 0.5) is 0 Å². The molecule has 2 atom stereocenters. The third kappa shape index (κ3) is 6.30. The number of carbonyl (C=O) groups excluding carboxylic acids is 4. The Morgan fingerprint density at radius 2 is 1.89 bits per heavy atom. The quantitative estimate of drug-likeness (QED) is 0.127. The zero-order valence-corrected chi connectivity index (χ0v) is 24.8. The van der Waals surface area contributed by atoms with Crippen molar-refractivity contribution in [2.24, 2.45) is 0 Å². The summed E-state index contributed by atoms with van der Waals surface area (Å²) in [7, 11) is 0. The minimum atomic E-state index is -0.973. The number of benzene rings is 2. The van der Waals surface area contributed by atoms with Crippen molar-refractivity contribution >= 4 is 46.4 Å². The third-order valence-corrected chi connectivity index (χ3v) is 8.83. The number of para-hydroxylation sites is 1. The molecule has 0 aliphatic carbocycles. The highest BCUT2D eigenvalue weighted by molar-refractivity contribution is 7.99. The Balaban J connectivity index is 0.955. The van der Waals surface area contributed by atoms with Crippen molar-refractivity contribution in [1.82, 2.24) is 20.5 Å². The van der Waals surface area contributed by atoms with Gasteiger partial charge in [0.2, 0.25) is 11.8 Å². The van der Waals surface area contributed by atoms with E-state index < -0.39 is 29.7 Å². The molecule has 1 fully saturated rings. The van der Waals surface area contributed by atoms with Crippen molar-refractivity contribution in [3.8, 4) is 0 Å². The zero-order valence-electron chi connectivity index (χ0n) is 24.0. The first-order chi connectivity index (χ1) is 21.5. The zero-order chi connectivity index (χ0) is 30.5. The smallest absolute Gasteiger partial charge is 0.263 e. The van der Waals surface area contributed by atoms with E-state index in [2.05, 4.69) is 21.7 Å². The van der Waals surface area contributed by atoms with Crippen LogP contribution in [0.2, 0.25) is 0 Å². The molecule has 2 N–H and O–H groups in total. The van der Waals surface area contributed by atoms with Crippen molar-refractivity contribution in [3.63, 3.8) is 0 Å². The maximum atomic E-state index is 13.3. The van der Waals surface area contributed by atoms with E-state index in [1.165, 1.54) is 11.8 Å². The van der Waals surface area contributed by atoms with Gasteiger partial charge in [0.25, 0.3) is 11.8 Å². The molecule has 0 bridgehead atoms. The van der Waals surface area contributed by atoms with Crippen LogP contribution >= 0.6 is 11.8 Å². The molecule has 0 radical (unpaired) electrons. The molecular weight excluding hydrogens is 580 g/mol. The van der Waals surface area contributed by atoms with Gasteiger partial charge >= 0.3 is 0 Å². The van der Waals surface area contributed by atoms with Crippen molar-refractivity contribution in [1.29, 1.82) is 0 Å². The summed E-state index contributed by atoms with van der Waals surface area (Å²) in [6.45, 7) is 1.88. The standard InChI is InChI=1S/C33H32N4O6S/c38-28-13-12-24(31(39)36-28)37-32(40)23-9-3-11-27(29(23)33(37)41)44-18-6-17-42-16-5-15-35-30(22-8-4-14-34-20-22)26-19-21-7-1-2-10-25(21)43-26/h1-4,7-11,14,19-20,24,30,35H,5-6,12-13,15-18H2,(H,36,38,39). The maximum absolute atomic E-state index is 13.3. The Bertz CT molecular complexity index is 1660. The Labute approximate surface area is 258 Å². The van der Waals surface area contributed by atoms with Gasteiger partial charge in [-0.3, -0.25) is 34.4 Å². The molecule has 1 saturated heterocycles. The monoisotopic (exact) mass is 612 g/mol. The first-order valence-electron chi connectivity index (χ1n) is 14.7. The van der Waals surface area contributed by atoms with Gasteiger partial charge < -0.3 is 14.5 Å². The fourth-order valence-electron chi connectivity index (χ4n) is 5.54. The molecule has 2 aliphatic rings. The SMILES string of the molecule is O=C1CCC(N2C(=O)c3cccc(SCCCOCCCNC(c4cccnc4)c4cc5ccccc5o4)c3C2=O)C(=O)N1. The average molecular weight is 613 g/mol. The number of imide groups is 2. The molecule has 2 unspecified atom stereocenters. The molecule has 2 aromatic heterocycles. The lowest BCUT2D eigenvalue weighted by atomic mass is 10.0. The summed E-state index contributed by atoms with van der Waals surface area (Å²) in [5.41, 5.74) is 2.49. The van der Waals surface area contributed by atoms with Crippen LogP contribution in [-0.2, 0) is 14.3 Å². The molecule has 4 amide bonds. The molecular formula is C33H32N4O6S.